The number of carbonyl (C=O) groups is 1. The largest absolute Gasteiger partial charge is 0.465 e. The molecule has 0 spiro atoms. The Morgan fingerprint density at radius 1 is 1.59 bits per heavy atom. The zero-order valence-corrected chi connectivity index (χ0v) is 11.5. The van der Waals surface area contributed by atoms with Crippen molar-refractivity contribution in [2.45, 2.75) is 4.90 Å². The lowest BCUT2D eigenvalue weighted by molar-refractivity contribution is 0.0602. The van der Waals surface area contributed by atoms with Crippen molar-refractivity contribution in [3.8, 4) is 0 Å². The first kappa shape index (κ1) is 16.3. The van der Waals surface area contributed by atoms with Crippen LogP contribution >= 0.6 is 23.7 Å². The van der Waals surface area contributed by atoms with Gasteiger partial charge in [-0.3, -0.25) is 0 Å². The Bertz CT molecular complexity index is 472. The Balaban J connectivity index is 0.00000256. The van der Waals surface area contributed by atoms with Crippen molar-refractivity contribution in [1.82, 2.24) is 4.72 Å². The molecule has 1 rings (SSSR count). The summed E-state index contributed by atoms with van der Waals surface area (Å²) < 4.78 is 30.2. The number of hydrogen-bond donors (Lipinski definition) is 2. The van der Waals surface area contributed by atoms with Gasteiger partial charge in [-0.05, 0) is 11.4 Å². The van der Waals surface area contributed by atoms with E-state index in [1.807, 2.05) is 0 Å². The van der Waals surface area contributed by atoms with Crippen molar-refractivity contribution >= 4 is 39.7 Å². The summed E-state index contributed by atoms with van der Waals surface area (Å²) in [6, 6.07) is 1.36. The molecular weight excluding hydrogens is 288 g/mol. The van der Waals surface area contributed by atoms with Crippen LogP contribution in [0.2, 0.25) is 0 Å². The number of nitrogens with two attached hydrogens (primary N) is 1. The fourth-order valence-corrected chi connectivity index (χ4v) is 3.40. The lowest BCUT2D eigenvalue weighted by Crippen LogP contribution is -2.29. The Morgan fingerprint density at radius 2 is 2.24 bits per heavy atom. The third-order valence-electron chi connectivity index (χ3n) is 1.73. The predicted octanol–water partition coefficient (Wildman–Crippen LogP) is 0.194. The molecular formula is C8H13ClN2O4S2. The molecule has 17 heavy (non-hydrogen) atoms. The first-order chi connectivity index (χ1) is 7.53. The standard InChI is InChI=1S/C8H12N2O4S2.ClH/c1-14-8(11)7-6(2-5-15-7)16(12,13)10-4-3-9;/h2,5,10H,3-4,9H2,1H3;1H. The fraction of sp³-hybridized carbons (Fsp3) is 0.375. The minimum atomic E-state index is -3.69. The minimum absolute atomic E-state index is 0. The normalized spacial score (nSPS) is 10.7. The molecule has 0 aliphatic carbocycles. The Hall–Kier alpha value is -0.670. The second-order valence-electron chi connectivity index (χ2n) is 2.79. The highest BCUT2D eigenvalue weighted by molar-refractivity contribution is 7.89. The van der Waals surface area contributed by atoms with Crippen molar-refractivity contribution in [2.24, 2.45) is 5.73 Å². The van der Waals surface area contributed by atoms with Crippen LogP contribution in [0.1, 0.15) is 9.67 Å². The van der Waals surface area contributed by atoms with Gasteiger partial charge < -0.3 is 10.5 Å². The maximum atomic E-state index is 11.7. The molecule has 1 aromatic rings. The van der Waals surface area contributed by atoms with E-state index in [4.69, 9.17) is 5.73 Å². The number of halogens is 1. The van der Waals surface area contributed by atoms with E-state index in [2.05, 4.69) is 9.46 Å². The molecule has 0 radical (unpaired) electrons. The molecule has 6 nitrogen and oxygen atoms in total. The van der Waals surface area contributed by atoms with Gasteiger partial charge in [0, 0.05) is 13.1 Å². The molecule has 0 aliphatic rings. The first-order valence-electron chi connectivity index (χ1n) is 4.38. The minimum Gasteiger partial charge on any atom is -0.465 e. The highest BCUT2D eigenvalue weighted by Crippen LogP contribution is 2.22. The molecule has 9 heteroatoms. The lowest BCUT2D eigenvalue weighted by atomic mass is 10.5. The highest BCUT2D eigenvalue weighted by Gasteiger charge is 2.23. The van der Waals surface area contributed by atoms with Crippen molar-refractivity contribution in [3.63, 3.8) is 0 Å². The molecule has 0 saturated carbocycles. The quantitative estimate of drug-likeness (QED) is 0.757. The number of rotatable bonds is 5. The van der Waals surface area contributed by atoms with Crippen molar-refractivity contribution < 1.29 is 17.9 Å². The van der Waals surface area contributed by atoms with Crippen molar-refractivity contribution in [3.05, 3.63) is 16.3 Å². The van der Waals surface area contributed by atoms with Crippen LogP contribution in [0.3, 0.4) is 0 Å². The van der Waals surface area contributed by atoms with E-state index < -0.39 is 16.0 Å². The van der Waals surface area contributed by atoms with Gasteiger partial charge in [-0.15, -0.1) is 23.7 Å². The lowest BCUT2D eigenvalue weighted by Gasteiger charge is -2.05. The molecule has 0 aliphatic heterocycles. The number of hydrogen-bond acceptors (Lipinski definition) is 6. The zero-order valence-electron chi connectivity index (χ0n) is 9.00. The van der Waals surface area contributed by atoms with Gasteiger partial charge in [0.05, 0.1) is 7.11 Å². The molecule has 98 valence electrons. The third-order valence-corrected chi connectivity index (χ3v) is 4.25. The zero-order chi connectivity index (χ0) is 12.2. The van der Waals surface area contributed by atoms with Gasteiger partial charge in [-0.25, -0.2) is 17.9 Å². The molecule has 0 atom stereocenters. The smallest absolute Gasteiger partial charge is 0.349 e. The van der Waals surface area contributed by atoms with E-state index in [1.54, 1.807) is 0 Å². The molecule has 1 aromatic heterocycles. The van der Waals surface area contributed by atoms with Crippen LogP contribution in [0.4, 0.5) is 0 Å². The monoisotopic (exact) mass is 300 g/mol. The van der Waals surface area contributed by atoms with Crippen molar-refractivity contribution in [1.29, 1.82) is 0 Å². The number of methoxy groups -OCH3 is 1. The summed E-state index contributed by atoms with van der Waals surface area (Å²) in [5.74, 6) is -0.664. The summed E-state index contributed by atoms with van der Waals surface area (Å²) in [5, 5.41) is 1.52. The van der Waals surface area contributed by atoms with Gasteiger partial charge in [-0.1, -0.05) is 0 Å². The SMILES string of the molecule is COC(=O)c1sccc1S(=O)(=O)NCCN.Cl. The topological polar surface area (TPSA) is 98.5 Å². The number of esters is 1. The molecule has 0 amide bonds. The van der Waals surface area contributed by atoms with E-state index in [-0.39, 0.29) is 35.3 Å². The molecule has 0 saturated heterocycles. The van der Waals surface area contributed by atoms with Crippen LogP contribution in [0, 0.1) is 0 Å². The Morgan fingerprint density at radius 3 is 2.76 bits per heavy atom. The van der Waals surface area contributed by atoms with Crippen molar-refractivity contribution in [2.75, 3.05) is 20.2 Å². The summed E-state index contributed by atoms with van der Waals surface area (Å²) in [6.45, 7) is 0.315. The van der Waals surface area contributed by atoms with E-state index in [1.165, 1.54) is 18.6 Å². The van der Waals surface area contributed by atoms with Crippen LogP contribution in [-0.2, 0) is 14.8 Å². The van der Waals surface area contributed by atoms with E-state index in [0.29, 0.717) is 0 Å². The van der Waals surface area contributed by atoms with Gasteiger partial charge in [0.15, 0.2) is 0 Å². The maximum absolute atomic E-state index is 11.7. The second-order valence-corrected chi connectivity index (χ2v) is 5.44. The summed E-state index contributed by atoms with van der Waals surface area (Å²) in [7, 11) is -2.49. The van der Waals surface area contributed by atoms with Gasteiger partial charge in [0.25, 0.3) is 0 Å². The van der Waals surface area contributed by atoms with Crippen LogP contribution in [0.15, 0.2) is 16.3 Å². The van der Waals surface area contributed by atoms with E-state index in [9.17, 15) is 13.2 Å². The summed E-state index contributed by atoms with van der Waals surface area (Å²) in [6.07, 6.45) is 0. The molecule has 0 aromatic carbocycles. The number of ether oxygens (including phenoxy) is 1. The van der Waals surface area contributed by atoms with Gasteiger partial charge in [0.2, 0.25) is 10.0 Å². The predicted molar refractivity (Wildman–Crippen MR) is 67.1 cm³/mol. The first-order valence-corrected chi connectivity index (χ1v) is 6.74. The summed E-state index contributed by atoms with van der Waals surface area (Å²) in [5.41, 5.74) is 5.20. The van der Waals surface area contributed by atoms with Gasteiger partial charge in [0.1, 0.15) is 9.77 Å². The fourth-order valence-electron chi connectivity index (χ4n) is 1.02. The van der Waals surface area contributed by atoms with E-state index >= 15 is 0 Å². The number of nitrogens with one attached hydrogen (secondary N) is 1. The highest BCUT2D eigenvalue weighted by atomic mass is 35.5. The molecule has 0 bridgehead atoms. The van der Waals surface area contributed by atoms with E-state index in [0.717, 1.165) is 11.3 Å². The summed E-state index contributed by atoms with van der Waals surface area (Å²) >= 11 is 1.02. The number of carbonyl (C=O) groups excluding carboxylic acids is 1. The average molecular weight is 301 g/mol. The number of sulfonamides is 1. The molecule has 3 N–H and O–H groups in total. The molecule has 0 unspecified atom stereocenters. The average Bonchev–Trinajstić information content (AvgIpc) is 2.75. The second kappa shape index (κ2) is 6.92. The Labute approximate surface area is 110 Å². The van der Waals surface area contributed by atoms with Crippen LogP contribution in [0.25, 0.3) is 0 Å². The van der Waals surface area contributed by atoms with Gasteiger partial charge >= 0.3 is 5.97 Å². The summed E-state index contributed by atoms with van der Waals surface area (Å²) in [4.78, 5) is 11.3. The Kier molecular flexibility index (Phi) is 6.65. The molecule has 0 fully saturated rings. The molecule has 1 heterocycles. The number of thiophene rings is 1. The van der Waals surface area contributed by atoms with Crippen LogP contribution in [0.5, 0.6) is 0 Å². The maximum Gasteiger partial charge on any atom is 0.349 e. The van der Waals surface area contributed by atoms with Gasteiger partial charge in [-0.2, -0.15) is 0 Å². The van der Waals surface area contributed by atoms with Crippen LogP contribution < -0.4 is 10.5 Å². The third kappa shape index (κ3) is 3.93. The van der Waals surface area contributed by atoms with Crippen LogP contribution in [-0.4, -0.2) is 34.6 Å².